The molecule has 0 bridgehead atoms. The molecule has 0 fully saturated rings. The molecular weight excluding hydrogens is 273 g/mol. The van der Waals surface area contributed by atoms with Crippen LogP contribution in [0.25, 0.3) is 0 Å². The van der Waals surface area contributed by atoms with E-state index in [1.165, 1.54) is 18.4 Å². The summed E-state index contributed by atoms with van der Waals surface area (Å²) in [7, 11) is 0. The molecule has 5 heteroatoms. The van der Waals surface area contributed by atoms with Crippen molar-refractivity contribution >= 4 is 11.6 Å². The highest BCUT2D eigenvalue weighted by Crippen LogP contribution is 2.17. The van der Waals surface area contributed by atoms with Gasteiger partial charge >= 0.3 is 0 Å². The monoisotopic (exact) mass is 287 g/mol. The smallest absolute Gasteiger partial charge is 0.259 e. The molecule has 0 unspecified atom stereocenters. The lowest BCUT2D eigenvalue weighted by Gasteiger charge is -2.05. The van der Waals surface area contributed by atoms with E-state index in [0.29, 0.717) is 23.3 Å². The number of aliphatic hydroxyl groups is 1. The number of furan rings is 1. The zero-order valence-corrected chi connectivity index (χ0v) is 11.4. The lowest BCUT2D eigenvalue weighted by atomic mass is 10.2. The number of aryl methyl sites for hydroxylation is 1. The molecule has 0 aliphatic heterocycles. The van der Waals surface area contributed by atoms with Crippen molar-refractivity contribution in [1.82, 2.24) is 0 Å². The van der Waals surface area contributed by atoms with Gasteiger partial charge in [-0.1, -0.05) is 11.8 Å². The van der Waals surface area contributed by atoms with Gasteiger partial charge in [0.25, 0.3) is 5.91 Å². The first-order valence-corrected chi connectivity index (χ1v) is 6.36. The van der Waals surface area contributed by atoms with Crippen molar-refractivity contribution in [3.8, 4) is 11.8 Å². The van der Waals surface area contributed by atoms with Crippen molar-refractivity contribution in [3.05, 3.63) is 53.2 Å². The van der Waals surface area contributed by atoms with Crippen molar-refractivity contribution < 1.29 is 18.7 Å². The van der Waals surface area contributed by atoms with E-state index in [-0.39, 0.29) is 12.3 Å². The highest BCUT2D eigenvalue weighted by molar-refractivity contribution is 6.04. The fourth-order valence-corrected chi connectivity index (χ4v) is 1.67. The second-order valence-electron chi connectivity index (χ2n) is 4.37. The molecule has 1 aromatic carbocycles. The van der Waals surface area contributed by atoms with Gasteiger partial charge in [-0.15, -0.1) is 0 Å². The van der Waals surface area contributed by atoms with Crippen LogP contribution in [0.5, 0.6) is 0 Å². The number of nitrogens with one attached hydrogen (secondary N) is 1. The third-order valence-corrected chi connectivity index (χ3v) is 2.68. The Hall–Kier alpha value is -2.58. The van der Waals surface area contributed by atoms with Gasteiger partial charge in [0.1, 0.15) is 17.8 Å². The molecule has 2 rings (SSSR count). The number of halogens is 1. The number of hydrogen-bond acceptors (Lipinski definition) is 3. The molecule has 1 heterocycles. The van der Waals surface area contributed by atoms with E-state index in [9.17, 15) is 9.18 Å². The fourth-order valence-electron chi connectivity index (χ4n) is 1.67. The summed E-state index contributed by atoms with van der Waals surface area (Å²) in [5.74, 6) is 5.02. The molecule has 108 valence electrons. The average Bonchev–Trinajstić information content (AvgIpc) is 2.89. The second-order valence-corrected chi connectivity index (χ2v) is 4.37. The third kappa shape index (κ3) is 3.94. The van der Waals surface area contributed by atoms with E-state index in [1.54, 1.807) is 19.1 Å². The molecule has 2 N–H and O–H groups in total. The SMILES string of the molecule is Cc1cc(C(=O)Nc2ccc(C#CCCO)cc2F)co1. The minimum Gasteiger partial charge on any atom is -0.469 e. The minimum atomic E-state index is -0.570. The van der Waals surface area contributed by atoms with Crippen LogP contribution in [-0.4, -0.2) is 17.6 Å². The Balaban J connectivity index is 2.11. The van der Waals surface area contributed by atoms with Crippen molar-refractivity contribution in [1.29, 1.82) is 0 Å². The first-order valence-electron chi connectivity index (χ1n) is 6.36. The first kappa shape index (κ1) is 14.8. The largest absolute Gasteiger partial charge is 0.469 e. The summed E-state index contributed by atoms with van der Waals surface area (Å²) in [5.41, 5.74) is 0.892. The quantitative estimate of drug-likeness (QED) is 0.853. The maximum Gasteiger partial charge on any atom is 0.259 e. The number of carbonyl (C=O) groups is 1. The predicted molar refractivity (Wildman–Crippen MR) is 76.4 cm³/mol. The summed E-state index contributed by atoms with van der Waals surface area (Å²) < 4.78 is 18.9. The summed E-state index contributed by atoms with van der Waals surface area (Å²) in [5, 5.41) is 11.1. The average molecular weight is 287 g/mol. The summed E-state index contributed by atoms with van der Waals surface area (Å²) in [6.45, 7) is 1.69. The van der Waals surface area contributed by atoms with Crippen LogP contribution in [0.15, 0.2) is 34.9 Å². The number of benzene rings is 1. The number of amides is 1. The number of aliphatic hydroxyl groups excluding tert-OH is 1. The van der Waals surface area contributed by atoms with Crippen LogP contribution in [-0.2, 0) is 0 Å². The van der Waals surface area contributed by atoms with E-state index in [2.05, 4.69) is 17.2 Å². The van der Waals surface area contributed by atoms with Gasteiger partial charge in [0.15, 0.2) is 0 Å². The lowest BCUT2D eigenvalue weighted by Crippen LogP contribution is -2.12. The standard InChI is InChI=1S/C16H14FNO3/c1-11-8-13(10-21-11)16(20)18-15-6-5-12(9-14(15)17)4-2-3-7-19/h5-6,8-10,19H,3,7H2,1H3,(H,18,20). The van der Waals surface area contributed by atoms with Gasteiger partial charge in [-0.3, -0.25) is 4.79 Å². The molecule has 0 saturated carbocycles. The summed E-state index contributed by atoms with van der Waals surface area (Å²) in [6, 6.07) is 5.86. The normalized spacial score (nSPS) is 9.86. The van der Waals surface area contributed by atoms with Crippen LogP contribution >= 0.6 is 0 Å². The van der Waals surface area contributed by atoms with Gasteiger partial charge in [-0.05, 0) is 31.2 Å². The summed E-state index contributed by atoms with van der Waals surface area (Å²) in [6.07, 6.45) is 1.65. The Kier molecular flexibility index (Phi) is 4.75. The van der Waals surface area contributed by atoms with Crippen LogP contribution in [0.3, 0.4) is 0 Å². The second kappa shape index (κ2) is 6.73. The molecule has 0 aliphatic rings. The predicted octanol–water partition coefficient (Wildman–Crippen LogP) is 2.71. The van der Waals surface area contributed by atoms with Crippen molar-refractivity contribution in [3.63, 3.8) is 0 Å². The van der Waals surface area contributed by atoms with Crippen LogP contribution in [0.2, 0.25) is 0 Å². The summed E-state index contributed by atoms with van der Waals surface area (Å²) in [4.78, 5) is 11.9. The lowest BCUT2D eigenvalue weighted by molar-refractivity contribution is 0.102. The first-order chi connectivity index (χ1) is 10.1. The summed E-state index contributed by atoms with van der Waals surface area (Å²) >= 11 is 0. The van der Waals surface area contributed by atoms with Crippen molar-refractivity contribution in [2.24, 2.45) is 0 Å². The molecule has 4 nitrogen and oxygen atoms in total. The molecule has 1 amide bonds. The molecule has 0 saturated heterocycles. The Bertz CT molecular complexity index is 710. The Morgan fingerprint density at radius 3 is 2.86 bits per heavy atom. The topological polar surface area (TPSA) is 62.5 Å². The molecule has 0 atom stereocenters. The number of hydrogen-bond donors (Lipinski definition) is 2. The van der Waals surface area contributed by atoms with E-state index in [4.69, 9.17) is 9.52 Å². The van der Waals surface area contributed by atoms with E-state index in [0.717, 1.165) is 0 Å². The Morgan fingerprint density at radius 2 is 2.24 bits per heavy atom. The molecule has 2 aromatic rings. The van der Waals surface area contributed by atoms with Gasteiger partial charge in [-0.25, -0.2) is 4.39 Å². The zero-order valence-electron chi connectivity index (χ0n) is 11.4. The minimum absolute atomic E-state index is 0.0340. The number of anilines is 1. The van der Waals surface area contributed by atoms with Crippen molar-refractivity contribution in [2.75, 3.05) is 11.9 Å². The molecular formula is C16H14FNO3. The Morgan fingerprint density at radius 1 is 1.43 bits per heavy atom. The molecule has 0 radical (unpaired) electrons. The molecule has 1 aromatic heterocycles. The fraction of sp³-hybridized carbons (Fsp3) is 0.188. The van der Waals surface area contributed by atoms with E-state index >= 15 is 0 Å². The van der Waals surface area contributed by atoms with E-state index < -0.39 is 11.7 Å². The van der Waals surface area contributed by atoms with Gasteiger partial charge in [0.05, 0.1) is 17.9 Å². The molecule has 0 spiro atoms. The van der Waals surface area contributed by atoms with Crippen LogP contribution in [0, 0.1) is 24.6 Å². The van der Waals surface area contributed by atoms with Crippen molar-refractivity contribution in [2.45, 2.75) is 13.3 Å². The van der Waals surface area contributed by atoms with Gasteiger partial charge in [0.2, 0.25) is 0 Å². The van der Waals surface area contributed by atoms with Crippen LogP contribution < -0.4 is 5.32 Å². The van der Waals surface area contributed by atoms with E-state index in [1.807, 2.05) is 0 Å². The maximum absolute atomic E-state index is 13.9. The highest BCUT2D eigenvalue weighted by atomic mass is 19.1. The highest BCUT2D eigenvalue weighted by Gasteiger charge is 2.11. The maximum atomic E-state index is 13.9. The number of rotatable bonds is 3. The van der Waals surface area contributed by atoms with Gasteiger partial charge in [-0.2, -0.15) is 0 Å². The van der Waals surface area contributed by atoms with Gasteiger partial charge in [0, 0.05) is 12.0 Å². The third-order valence-electron chi connectivity index (χ3n) is 2.68. The number of carbonyl (C=O) groups excluding carboxylic acids is 1. The van der Waals surface area contributed by atoms with Crippen LogP contribution in [0.4, 0.5) is 10.1 Å². The molecule has 21 heavy (non-hydrogen) atoms. The zero-order chi connectivity index (χ0) is 15.2. The molecule has 0 aliphatic carbocycles. The van der Waals surface area contributed by atoms with Crippen LogP contribution in [0.1, 0.15) is 28.1 Å². The Labute approximate surface area is 121 Å². The van der Waals surface area contributed by atoms with Gasteiger partial charge < -0.3 is 14.8 Å².